The van der Waals surface area contributed by atoms with Gasteiger partial charge in [0.15, 0.2) is 36.7 Å². The molecule has 1 aromatic carbocycles. The van der Waals surface area contributed by atoms with Gasteiger partial charge in [-0.3, -0.25) is 14.5 Å². The number of nitrogens with one attached hydrogen (secondary N) is 4. The number of pyridine rings is 3. The molecule has 10 heteroatoms. The molecule has 0 radical (unpaired) electrons. The Morgan fingerprint density at radius 2 is 0.970 bits per heavy atom. The smallest absolute Gasteiger partial charge is 0.232 e. The second-order valence-corrected chi connectivity index (χ2v) is 18.1. The van der Waals surface area contributed by atoms with Crippen molar-refractivity contribution in [3.63, 3.8) is 0 Å². The number of aromatic nitrogens is 7. The number of amides is 2. The van der Waals surface area contributed by atoms with E-state index in [1.54, 1.807) is 0 Å². The molecule has 0 spiro atoms. The first-order valence-corrected chi connectivity index (χ1v) is 23.5. The van der Waals surface area contributed by atoms with E-state index in [9.17, 15) is 9.59 Å². The van der Waals surface area contributed by atoms with Crippen LogP contribution in [0.4, 0.5) is 0 Å². The van der Waals surface area contributed by atoms with Crippen LogP contribution in [-0.4, -0.2) is 42.7 Å². The van der Waals surface area contributed by atoms with Crippen LogP contribution >= 0.6 is 0 Å². The Bertz CT molecular complexity index is 3380. The van der Waals surface area contributed by atoms with Gasteiger partial charge in [-0.15, -0.1) is 0 Å². The Morgan fingerprint density at radius 3 is 1.37 bits per heavy atom. The molecule has 1 aliphatic rings. The molecule has 7 aromatic heterocycles. The van der Waals surface area contributed by atoms with Crippen LogP contribution in [0.1, 0.15) is 104 Å². The Balaban J connectivity index is 1.26. The minimum Gasteiger partial charge on any atom is -0.354 e. The second kappa shape index (κ2) is 18.7. The van der Waals surface area contributed by atoms with Crippen molar-refractivity contribution in [3.8, 4) is 0 Å². The highest BCUT2D eigenvalue weighted by atomic mass is 16.2. The van der Waals surface area contributed by atoms with E-state index in [2.05, 4.69) is 188 Å². The molecule has 2 amide bonds. The third-order valence-corrected chi connectivity index (χ3v) is 13.5. The maximum atomic E-state index is 13.2. The lowest BCUT2D eigenvalue weighted by Gasteiger charge is -2.28. The molecule has 0 aliphatic carbocycles. The summed E-state index contributed by atoms with van der Waals surface area (Å²) in [6.07, 6.45) is 12.6. The van der Waals surface area contributed by atoms with Crippen molar-refractivity contribution in [2.45, 2.75) is 73.4 Å². The van der Waals surface area contributed by atoms with Crippen molar-refractivity contribution in [2.75, 3.05) is 0 Å². The van der Waals surface area contributed by atoms with Crippen molar-refractivity contribution < 1.29 is 23.3 Å². The molecule has 2 unspecified atom stereocenters. The Labute approximate surface area is 392 Å². The van der Waals surface area contributed by atoms with Crippen LogP contribution in [0.25, 0.3) is 22.3 Å². The van der Waals surface area contributed by atoms with Crippen molar-refractivity contribution in [2.24, 2.45) is 20.0 Å². The van der Waals surface area contributed by atoms with Crippen LogP contribution in [0.5, 0.6) is 0 Å². The van der Waals surface area contributed by atoms with Crippen LogP contribution in [0.15, 0.2) is 140 Å². The fourth-order valence-corrected chi connectivity index (χ4v) is 9.50. The molecule has 2 atom stereocenters. The summed E-state index contributed by atoms with van der Waals surface area (Å²) >= 11 is 0. The van der Waals surface area contributed by atoms with Gasteiger partial charge in [-0.1, -0.05) is 38.1 Å². The first-order chi connectivity index (χ1) is 32.4. The highest BCUT2D eigenvalue weighted by Crippen LogP contribution is 2.28. The number of benzene rings is 1. The number of aryl methyl sites for hydroxylation is 5. The Kier molecular flexibility index (Phi) is 12.5. The van der Waals surface area contributed by atoms with E-state index in [-0.39, 0.29) is 23.8 Å². The number of hydrogen-bond donors (Lipinski definition) is 4. The van der Waals surface area contributed by atoms with Crippen LogP contribution in [0.3, 0.4) is 0 Å². The van der Waals surface area contributed by atoms with E-state index in [0.29, 0.717) is 12.8 Å². The Morgan fingerprint density at radius 1 is 0.552 bits per heavy atom. The van der Waals surface area contributed by atoms with Gasteiger partial charge in [0.1, 0.15) is 20.6 Å². The Hall–Kier alpha value is -7.59. The number of fused-ring (bicyclic) bond motifs is 8. The van der Waals surface area contributed by atoms with Gasteiger partial charge in [0, 0.05) is 129 Å². The largest absolute Gasteiger partial charge is 0.354 e. The highest BCUT2D eigenvalue weighted by Gasteiger charge is 2.27. The molecule has 8 heterocycles. The van der Waals surface area contributed by atoms with Crippen molar-refractivity contribution in [1.29, 1.82) is 0 Å². The van der Waals surface area contributed by atoms with Crippen LogP contribution in [-0.2, 0) is 36.6 Å². The van der Waals surface area contributed by atoms with Gasteiger partial charge >= 0.3 is 0 Å². The number of imide groups is 1. The van der Waals surface area contributed by atoms with E-state index >= 15 is 0 Å². The molecule has 338 valence electrons. The second-order valence-electron chi connectivity index (χ2n) is 18.1. The lowest BCUT2D eigenvalue weighted by molar-refractivity contribution is -0.699. The fourth-order valence-electron chi connectivity index (χ4n) is 9.50. The maximum absolute atomic E-state index is 13.2. The standard InChI is InChI=1S/C57H59N8O2/c1-9-36(3)57(67)65(39(6)66)37(4)11-12-40-13-15-41(16-14-40)53-45-17-18-47(58-45)54(42-25-30-62(7)31-26-42)48-19-20-49(59-48)55(43-27-32-63(8)33-28-43)50-22-24-52(61-50)56(51-23-21-46(53)60-51)44-29-34-64(10-2)38(5)35-44/h13-37H,9-12H2,1-8H3,(H2,58,59,60,61)/q+1/p+2. The van der Waals surface area contributed by atoms with E-state index in [1.165, 1.54) is 17.5 Å². The molecule has 0 fully saturated rings. The van der Waals surface area contributed by atoms with E-state index < -0.39 is 0 Å². The van der Waals surface area contributed by atoms with Gasteiger partial charge in [-0.2, -0.15) is 0 Å². The predicted octanol–water partition coefficient (Wildman–Crippen LogP) is 5.31. The summed E-state index contributed by atoms with van der Waals surface area (Å²) in [6.45, 7) is 12.6. The lowest BCUT2D eigenvalue weighted by atomic mass is 9.98. The fraction of sp³-hybridized carbons (Fsp3) is 0.246. The molecule has 10 nitrogen and oxygen atoms in total. The van der Waals surface area contributed by atoms with Gasteiger partial charge in [0.2, 0.25) is 11.8 Å². The summed E-state index contributed by atoms with van der Waals surface area (Å²) < 4.78 is 6.37. The van der Waals surface area contributed by atoms with E-state index in [0.717, 1.165) is 107 Å². The number of H-pyrrole nitrogens is 4. The first-order valence-electron chi connectivity index (χ1n) is 23.5. The monoisotopic (exact) mass is 889 g/mol. The number of nitrogens with zero attached hydrogens (tertiary/aromatic N) is 4. The number of hydrogen-bond acceptors (Lipinski definition) is 2. The number of carbonyl (C=O) groups is 2. The molecular formula is C57H61N8O2+3. The molecule has 1 aliphatic heterocycles. The molecule has 4 N–H and O–H groups in total. The number of carbonyl (C=O) groups excluding carboxylic acids is 2. The summed E-state index contributed by atoms with van der Waals surface area (Å²) in [5.41, 5.74) is 14.8. The average molecular weight is 890 g/mol. The molecule has 8 aromatic rings. The third kappa shape index (κ3) is 8.91. The first kappa shape index (κ1) is 44.6. The lowest BCUT2D eigenvalue weighted by Crippen LogP contribution is -2.44. The maximum Gasteiger partial charge on any atom is 0.232 e. The molecule has 67 heavy (non-hydrogen) atoms. The van der Waals surface area contributed by atoms with Gasteiger partial charge in [0.25, 0.3) is 0 Å². The van der Waals surface area contributed by atoms with Crippen LogP contribution in [0.2, 0.25) is 0 Å². The topological polar surface area (TPSA) is 112 Å². The van der Waals surface area contributed by atoms with Crippen LogP contribution < -0.4 is 35.1 Å². The predicted molar refractivity (Wildman–Crippen MR) is 262 cm³/mol. The van der Waals surface area contributed by atoms with Gasteiger partial charge in [-0.25, -0.2) is 13.7 Å². The van der Waals surface area contributed by atoms with Crippen molar-refractivity contribution in [3.05, 3.63) is 218 Å². The van der Waals surface area contributed by atoms with Crippen molar-refractivity contribution in [1.82, 2.24) is 24.8 Å². The molecule has 8 bridgehead atoms. The van der Waals surface area contributed by atoms with Gasteiger partial charge in [-0.05, 0) is 109 Å². The summed E-state index contributed by atoms with van der Waals surface area (Å²) in [5, 5.41) is 3.94. The summed E-state index contributed by atoms with van der Waals surface area (Å²) in [4.78, 5) is 42.9. The zero-order chi connectivity index (χ0) is 46.9. The average Bonchev–Trinajstić information content (AvgIpc) is 4.18. The summed E-state index contributed by atoms with van der Waals surface area (Å²) in [6, 6.07) is 39.2. The summed E-state index contributed by atoms with van der Waals surface area (Å²) in [7, 11) is 4.08. The zero-order valence-electron chi connectivity index (χ0n) is 39.9. The number of rotatable bonds is 11. The third-order valence-electron chi connectivity index (χ3n) is 13.5. The van der Waals surface area contributed by atoms with Crippen molar-refractivity contribution >= 4 is 34.1 Å². The molecule has 0 saturated heterocycles. The molecule has 0 saturated carbocycles. The molecule has 9 rings (SSSR count). The summed E-state index contributed by atoms with van der Waals surface area (Å²) in [5.74, 6) is -0.499. The zero-order valence-corrected chi connectivity index (χ0v) is 39.9. The quantitative estimate of drug-likeness (QED) is 0.132. The van der Waals surface area contributed by atoms with Crippen LogP contribution in [0, 0.1) is 12.8 Å². The SMILES string of the molecule is CCC(C)C(=O)N(C(C)=O)C(C)CCc1ccc(C2=c3ccc([nH]3)=C(c3cc[n+](C)cc3)c3ccc([nH]3)C(c3cc[n+](C)cc3)=c3ccc([nH]3)=C(c3cc[n+](CC)c(C)c3)c3ccc2[nH]3)cc1. The van der Waals surface area contributed by atoms with E-state index in [1.807, 2.05) is 34.9 Å². The minimum atomic E-state index is -0.211. The minimum absolute atomic E-state index is 0.100. The van der Waals surface area contributed by atoms with Gasteiger partial charge < -0.3 is 19.9 Å². The molecular weight excluding hydrogens is 829 g/mol. The number of aromatic amines is 4. The van der Waals surface area contributed by atoms with Gasteiger partial charge in [0.05, 0.1) is 0 Å². The highest BCUT2D eigenvalue weighted by molar-refractivity contribution is 5.95. The van der Waals surface area contributed by atoms with E-state index in [4.69, 9.17) is 0 Å². The normalized spacial score (nSPS) is 13.5.